The lowest BCUT2D eigenvalue weighted by atomic mass is 9.84. The Labute approximate surface area is 213 Å². The third kappa shape index (κ3) is 7.32. The van der Waals surface area contributed by atoms with Crippen LogP contribution in [0.5, 0.6) is 0 Å². The van der Waals surface area contributed by atoms with Crippen molar-refractivity contribution in [2.45, 2.75) is 69.7 Å². The van der Waals surface area contributed by atoms with E-state index in [4.69, 9.17) is 4.74 Å². The van der Waals surface area contributed by atoms with Gasteiger partial charge < -0.3 is 15.4 Å². The van der Waals surface area contributed by atoms with Crippen LogP contribution in [0.25, 0.3) is 0 Å². The number of carbonyl (C=O) groups excluding carboxylic acids is 2. The summed E-state index contributed by atoms with van der Waals surface area (Å²) in [6, 6.07) is 21.2. The van der Waals surface area contributed by atoms with Crippen LogP contribution in [0.2, 0.25) is 0 Å². The molecule has 0 bridgehead atoms. The standard InChI is InChI=1S/C29H36N4O3/c30-21-29(16-17-33(22-29)19-24-12-6-2-7-13-24)32-27(34)26(18-23-10-4-1-5-11-23)31-28(35)36-20-25-14-8-3-9-15-25/h2-3,6-9,12-15,23,26H,1,4-5,10-11,16-20,22H2,(H,31,35)(H,32,34). The Bertz CT molecular complexity index is 1030. The first kappa shape index (κ1) is 25.7. The second kappa shape index (κ2) is 12.5. The smallest absolute Gasteiger partial charge is 0.408 e. The van der Waals surface area contributed by atoms with E-state index in [1.54, 1.807) is 0 Å². The highest BCUT2D eigenvalue weighted by Gasteiger charge is 2.41. The van der Waals surface area contributed by atoms with E-state index in [-0.39, 0.29) is 12.5 Å². The van der Waals surface area contributed by atoms with Crippen LogP contribution in [0.4, 0.5) is 4.79 Å². The van der Waals surface area contributed by atoms with E-state index in [0.717, 1.165) is 44.3 Å². The predicted octanol–water partition coefficient (Wildman–Crippen LogP) is 4.54. The highest BCUT2D eigenvalue weighted by molar-refractivity contribution is 5.86. The Balaban J connectivity index is 1.38. The van der Waals surface area contributed by atoms with Crippen LogP contribution in [0.15, 0.2) is 60.7 Å². The normalized spacial score (nSPS) is 21.3. The number of nitrogens with zero attached hydrogens (tertiary/aromatic N) is 2. The molecule has 2 unspecified atom stereocenters. The molecule has 2 N–H and O–H groups in total. The minimum absolute atomic E-state index is 0.140. The molecule has 2 aliphatic rings. The highest BCUT2D eigenvalue weighted by atomic mass is 16.5. The number of nitriles is 1. The monoisotopic (exact) mass is 488 g/mol. The molecule has 0 aromatic heterocycles. The third-order valence-corrected chi connectivity index (χ3v) is 7.29. The van der Waals surface area contributed by atoms with Gasteiger partial charge in [-0.15, -0.1) is 0 Å². The molecule has 1 aliphatic carbocycles. The first-order valence-electron chi connectivity index (χ1n) is 13.0. The third-order valence-electron chi connectivity index (χ3n) is 7.29. The van der Waals surface area contributed by atoms with Gasteiger partial charge in [-0.25, -0.2) is 4.79 Å². The fraction of sp³-hybridized carbons (Fsp3) is 0.483. The summed E-state index contributed by atoms with van der Waals surface area (Å²) in [6.07, 6.45) is 6.12. The van der Waals surface area contributed by atoms with Gasteiger partial charge in [-0.2, -0.15) is 5.26 Å². The van der Waals surface area contributed by atoms with Crippen LogP contribution in [0, 0.1) is 17.2 Å². The predicted molar refractivity (Wildman–Crippen MR) is 138 cm³/mol. The molecule has 7 heteroatoms. The zero-order chi connectivity index (χ0) is 25.2. The quantitative estimate of drug-likeness (QED) is 0.541. The number of amides is 2. The molecular weight excluding hydrogens is 452 g/mol. The first-order chi connectivity index (χ1) is 17.5. The molecule has 36 heavy (non-hydrogen) atoms. The lowest BCUT2D eigenvalue weighted by Gasteiger charge is -2.29. The largest absolute Gasteiger partial charge is 0.445 e. The number of nitrogens with one attached hydrogen (secondary N) is 2. The molecule has 4 rings (SSSR count). The Kier molecular flexibility index (Phi) is 8.96. The van der Waals surface area contributed by atoms with Crippen molar-refractivity contribution in [2.24, 2.45) is 5.92 Å². The first-order valence-corrected chi connectivity index (χ1v) is 13.0. The number of alkyl carbamates (subject to hydrolysis) is 1. The molecule has 2 aromatic carbocycles. The molecule has 1 aliphatic heterocycles. The van der Waals surface area contributed by atoms with Gasteiger partial charge in [-0.3, -0.25) is 9.69 Å². The van der Waals surface area contributed by atoms with E-state index in [1.807, 2.05) is 48.5 Å². The zero-order valence-electron chi connectivity index (χ0n) is 20.8. The summed E-state index contributed by atoms with van der Waals surface area (Å²) in [4.78, 5) is 28.3. The second-order valence-electron chi connectivity index (χ2n) is 10.1. The summed E-state index contributed by atoms with van der Waals surface area (Å²) in [5.41, 5.74) is 1.09. The Morgan fingerprint density at radius 2 is 1.69 bits per heavy atom. The molecule has 2 fully saturated rings. The molecule has 0 radical (unpaired) electrons. The summed E-state index contributed by atoms with van der Waals surface area (Å²) >= 11 is 0. The summed E-state index contributed by atoms with van der Waals surface area (Å²) < 4.78 is 5.40. The number of rotatable bonds is 9. The van der Waals surface area contributed by atoms with Crippen LogP contribution in [0.3, 0.4) is 0 Å². The fourth-order valence-corrected chi connectivity index (χ4v) is 5.30. The number of ether oxygens (including phenoxy) is 1. The van der Waals surface area contributed by atoms with Crippen molar-refractivity contribution in [1.29, 1.82) is 5.26 Å². The maximum atomic E-state index is 13.5. The highest BCUT2D eigenvalue weighted by Crippen LogP contribution is 2.28. The van der Waals surface area contributed by atoms with Crippen molar-refractivity contribution in [1.82, 2.24) is 15.5 Å². The van der Waals surface area contributed by atoms with Crippen molar-refractivity contribution in [3.8, 4) is 6.07 Å². The average molecular weight is 489 g/mol. The van der Waals surface area contributed by atoms with Gasteiger partial charge in [0.25, 0.3) is 0 Å². The maximum absolute atomic E-state index is 13.5. The van der Waals surface area contributed by atoms with E-state index >= 15 is 0 Å². The molecule has 1 heterocycles. The molecule has 2 aromatic rings. The number of carbonyl (C=O) groups is 2. The molecule has 190 valence electrons. The second-order valence-corrected chi connectivity index (χ2v) is 10.1. The van der Waals surface area contributed by atoms with Crippen LogP contribution in [-0.4, -0.2) is 41.6 Å². The fourth-order valence-electron chi connectivity index (χ4n) is 5.30. The SMILES string of the molecule is N#CC1(NC(=O)C(CC2CCCCC2)NC(=O)OCc2ccccc2)CCN(Cc2ccccc2)C1. The van der Waals surface area contributed by atoms with E-state index in [0.29, 0.717) is 25.3 Å². The number of hydrogen-bond donors (Lipinski definition) is 2. The number of benzene rings is 2. The molecule has 1 saturated carbocycles. The minimum Gasteiger partial charge on any atom is -0.445 e. The molecule has 2 atom stereocenters. The van der Waals surface area contributed by atoms with E-state index in [2.05, 4.69) is 33.7 Å². The van der Waals surface area contributed by atoms with Gasteiger partial charge in [0.05, 0.1) is 6.07 Å². The molecular formula is C29H36N4O3. The van der Waals surface area contributed by atoms with Gasteiger partial charge in [0.1, 0.15) is 18.2 Å². The molecule has 2 amide bonds. The maximum Gasteiger partial charge on any atom is 0.408 e. The van der Waals surface area contributed by atoms with Crippen molar-refractivity contribution < 1.29 is 14.3 Å². The van der Waals surface area contributed by atoms with Crippen LogP contribution in [-0.2, 0) is 22.7 Å². The molecule has 1 saturated heterocycles. The van der Waals surface area contributed by atoms with Gasteiger partial charge in [0.2, 0.25) is 5.91 Å². The molecule has 0 spiro atoms. The number of hydrogen-bond acceptors (Lipinski definition) is 5. The van der Waals surface area contributed by atoms with Gasteiger partial charge in [0, 0.05) is 19.6 Å². The van der Waals surface area contributed by atoms with E-state index in [1.165, 1.54) is 12.0 Å². The lowest BCUT2D eigenvalue weighted by molar-refractivity contribution is -0.124. The van der Waals surface area contributed by atoms with Crippen molar-refractivity contribution in [2.75, 3.05) is 13.1 Å². The Hall–Kier alpha value is -3.37. The Morgan fingerprint density at radius 1 is 1.03 bits per heavy atom. The summed E-state index contributed by atoms with van der Waals surface area (Å²) in [5, 5.41) is 15.9. The molecule has 7 nitrogen and oxygen atoms in total. The van der Waals surface area contributed by atoms with Gasteiger partial charge in [-0.1, -0.05) is 92.8 Å². The van der Waals surface area contributed by atoms with Crippen molar-refractivity contribution in [3.63, 3.8) is 0 Å². The zero-order valence-corrected chi connectivity index (χ0v) is 20.8. The Morgan fingerprint density at radius 3 is 2.36 bits per heavy atom. The summed E-state index contributed by atoms with van der Waals surface area (Å²) in [7, 11) is 0. The summed E-state index contributed by atoms with van der Waals surface area (Å²) in [5.74, 6) is 0.0699. The van der Waals surface area contributed by atoms with Crippen molar-refractivity contribution in [3.05, 3.63) is 71.8 Å². The van der Waals surface area contributed by atoms with Gasteiger partial charge >= 0.3 is 6.09 Å². The average Bonchev–Trinajstić information content (AvgIpc) is 3.31. The number of likely N-dealkylation sites (tertiary alicyclic amines) is 1. The van der Waals surface area contributed by atoms with Crippen LogP contribution >= 0.6 is 0 Å². The van der Waals surface area contributed by atoms with Gasteiger partial charge in [0.15, 0.2) is 0 Å². The van der Waals surface area contributed by atoms with Crippen LogP contribution < -0.4 is 10.6 Å². The van der Waals surface area contributed by atoms with Crippen molar-refractivity contribution >= 4 is 12.0 Å². The lowest BCUT2D eigenvalue weighted by Crippen LogP contribution is -2.56. The van der Waals surface area contributed by atoms with E-state index in [9.17, 15) is 14.9 Å². The minimum atomic E-state index is -0.966. The van der Waals surface area contributed by atoms with Crippen LogP contribution in [0.1, 0.15) is 56.1 Å². The summed E-state index contributed by atoms with van der Waals surface area (Å²) in [6.45, 7) is 2.05. The van der Waals surface area contributed by atoms with E-state index < -0.39 is 17.7 Å². The van der Waals surface area contributed by atoms with Gasteiger partial charge in [-0.05, 0) is 29.9 Å². The topological polar surface area (TPSA) is 94.5 Å².